The summed E-state index contributed by atoms with van der Waals surface area (Å²) >= 11 is 0. The number of rotatable bonds is 7. The van der Waals surface area contributed by atoms with Gasteiger partial charge in [-0.15, -0.1) is 0 Å². The lowest BCUT2D eigenvalue weighted by molar-refractivity contribution is 0.979. The number of para-hydroxylation sites is 2. The molecule has 12 aromatic rings. The van der Waals surface area contributed by atoms with E-state index < -0.39 is 0 Å². The van der Waals surface area contributed by atoms with Gasteiger partial charge < -0.3 is 4.57 Å². The van der Waals surface area contributed by atoms with Crippen LogP contribution in [0.2, 0.25) is 0 Å². The molecule has 4 heterocycles. The highest BCUT2D eigenvalue weighted by Gasteiger charge is 2.22. The average molecular weight is 792 g/mol. The summed E-state index contributed by atoms with van der Waals surface area (Å²) in [4.78, 5) is 10.6. The van der Waals surface area contributed by atoms with Gasteiger partial charge in [0.1, 0.15) is 5.69 Å². The van der Waals surface area contributed by atoms with E-state index in [2.05, 4.69) is 227 Å². The molecule has 0 amide bonds. The molecule has 5 heteroatoms. The van der Waals surface area contributed by atoms with E-state index in [0.29, 0.717) is 5.82 Å². The standard InChI is InChI=1S/C57H37N5/c1-5-17-38(18-6-1)49-37-50(39-31-33-45(34-32-39)61-51-27-15-13-25-46(51)47-26-14-16-28-52(47)61)59-57(58-49)44-30-29-43-36-53(40-19-7-2-8-20-40)62-56(48(43)35-44)54(41-21-9-3-10-22-41)55(60-62)42-23-11-4-12-24-42/h1-37H. The van der Waals surface area contributed by atoms with Crippen LogP contribution in [-0.2, 0) is 0 Å². The predicted molar refractivity (Wildman–Crippen MR) is 255 cm³/mol. The third-order valence-corrected chi connectivity index (χ3v) is 11.9. The molecular weight excluding hydrogens is 755 g/mol. The Morgan fingerprint density at radius 3 is 1.47 bits per heavy atom. The van der Waals surface area contributed by atoms with Gasteiger partial charge in [0.25, 0.3) is 0 Å². The Morgan fingerprint density at radius 1 is 0.355 bits per heavy atom. The summed E-state index contributed by atoms with van der Waals surface area (Å²) in [5.41, 5.74) is 15.5. The minimum atomic E-state index is 0.657. The number of pyridine rings is 1. The number of hydrogen-bond acceptors (Lipinski definition) is 3. The second-order valence-electron chi connectivity index (χ2n) is 15.7. The van der Waals surface area contributed by atoms with Crippen LogP contribution >= 0.6 is 0 Å². The fourth-order valence-corrected chi connectivity index (χ4v) is 9.03. The van der Waals surface area contributed by atoms with Crippen molar-refractivity contribution in [3.05, 3.63) is 224 Å². The van der Waals surface area contributed by atoms with Gasteiger partial charge in [0.05, 0.1) is 33.6 Å². The maximum atomic E-state index is 5.44. The highest BCUT2D eigenvalue weighted by molar-refractivity contribution is 6.10. The Hall–Kier alpha value is -8.41. The van der Waals surface area contributed by atoms with Gasteiger partial charge in [-0.3, -0.25) is 0 Å². The number of aromatic nitrogens is 5. The summed E-state index contributed by atoms with van der Waals surface area (Å²) in [6, 6.07) is 79.0. The van der Waals surface area contributed by atoms with E-state index in [9.17, 15) is 0 Å². The second kappa shape index (κ2) is 14.7. The summed E-state index contributed by atoms with van der Waals surface area (Å²) in [5, 5.41) is 10.1. The zero-order valence-electron chi connectivity index (χ0n) is 33.6. The normalized spacial score (nSPS) is 11.5. The molecule has 290 valence electrons. The zero-order valence-corrected chi connectivity index (χ0v) is 33.6. The topological polar surface area (TPSA) is 48.0 Å². The fourth-order valence-electron chi connectivity index (χ4n) is 9.03. The number of nitrogens with zero attached hydrogens (tertiary/aromatic N) is 5. The summed E-state index contributed by atoms with van der Waals surface area (Å²) in [7, 11) is 0. The minimum Gasteiger partial charge on any atom is -0.309 e. The Morgan fingerprint density at radius 2 is 0.855 bits per heavy atom. The molecule has 8 aromatic carbocycles. The van der Waals surface area contributed by atoms with E-state index in [1.54, 1.807) is 0 Å². The smallest absolute Gasteiger partial charge is 0.160 e. The second-order valence-corrected chi connectivity index (χ2v) is 15.7. The van der Waals surface area contributed by atoms with Crippen molar-refractivity contribution in [3.8, 4) is 73.2 Å². The van der Waals surface area contributed by atoms with Crippen molar-refractivity contribution >= 4 is 38.1 Å². The summed E-state index contributed by atoms with van der Waals surface area (Å²) in [6.07, 6.45) is 0. The van der Waals surface area contributed by atoms with E-state index in [4.69, 9.17) is 15.1 Å². The van der Waals surface area contributed by atoms with Crippen LogP contribution in [0.15, 0.2) is 224 Å². The Labute approximate surface area is 358 Å². The van der Waals surface area contributed by atoms with Crippen molar-refractivity contribution in [2.45, 2.75) is 0 Å². The molecule has 0 aliphatic heterocycles. The maximum Gasteiger partial charge on any atom is 0.160 e. The molecule has 0 fully saturated rings. The lowest BCUT2D eigenvalue weighted by Gasteiger charge is -2.13. The van der Waals surface area contributed by atoms with Crippen LogP contribution in [-0.4, -0.2) is 24.1 Å². The van der Waals surface area contributed by atoms with Gasteiger partial charge in [0.15, 0.2) is 5.82 Å². The molecule has 0 saturated carbocycles. The fraction of sp³-hybridized carbons (Fsp3) is 0. The number of fused-ring (bicyclic) bond motifs is 6. The van der Waals surface area contributed by atoms with Crippen molar-refractivity contribution in [1.29, 1.82) is 0 Å². The first kappa shape index (κ1) is 35.5. The molecule has 0 radical (unpaired) electrons. The van der Waals surface area contributed by atoms with Gasteiger partial charge in [-0.1, -0.05) is 182 Å². The zero-order chi connectivity index (χ0) is 41.0. The number of hydrogen-bond donors (Lipinski definition) is 0. The Kier molecular flexibility index (Phi) is 8.42. The molecule has 0 aliphatic rings. The highest BCUT2D eigenvalue weighted by atomic mass is 15.2. The van der Waals surface area contributed by atoms with Crippen molar-refractivity contribution in [3.63, 3.8) is 0 Å². The highest BCUT2D eigenvalue weighted by Crippen LogP contribution is 2.42. The van der Waals surface area contributed by atoms with E-state index in [0.717, 1.165) is 83.7 Å². The lowest BCUT2D eigenvalue weighted by Crippen LogP contribution is -1.98. The monoisotopic (exact) mass is 791 g/mol. The van der Waals surface area contributed by atoms with Crippen LogP contribution in [0.5, 0.6) is 0 Å². The number of benzene rings is 8. The molecule has 5 nitrogen and oxygen atoms in total. The van der Waals surface area contributed by atoms with Crippen LogP contribution in [0.1, 0.15) is 0 Å². The largest absolute Gasteiger partial charge is 0.309 e. The van der Waals surface area contributed by atoms with Crippen LogP contribution in [0, 0.1) is 0 Å². The molecule has 0 bridgehead atoms. The Balaban J connectivity index is 1.06. The van der Waals surface area contributed by atoms with Crippen LogP contribution in [0.3, 0.4) is 0 Å². The Bertz CT molecular complexity index is 3540. The first-order valence-electron chi connectivity index (χ1n) is 20.9. The van der Waals surface area contributed by atoms with Crippen molar-refractivity contribution < 1.29 is 0 Å². The summed E-state index contributed by atoms with van der Waals surface area (Å²) in [5.74, 6) is 0.657. The average Bonchev–Trinajstić information content (AvgIpc) is 3.92. The van der Waals surface area contributed by atoms with Crippen LogP contribution in [0.4, 0.5) is 0 Å². The third-order valence-electron chi connectivity index (χ3n) is 11.9. The molecule has 0 atom stereocenters. The first-order chi connectivity index (χ1) is 30.7. The SMILES string of the molecule is c1ccc(-c2cc(-c3ccc(-n4c5ccccc5c5ccccc54)cc3)nc(-c3ccc4cc(-c5ccccc5)n5nc(-c6ccccc6)c(-c6ccccc6)c5c4c3)n2)cc1. The maximum absolute atomic E-state index is 5.44. The van der Waals surface area contributed by atoms with Gasteiger partial charge in [-0.2, -0.15) is 5.10 Å². The molecular formula is C57H37N5. The quantitative estimate of drug-likeness (QED) is 0.162. The van der Waals surface area contributed by atoms with Gasteiger partial charge in [0.2, 0.25) is 0 Å². The molecule has 12 rings (SSSR count). The van der Waals surface area contributed by atoms with Crippen molar-refractivity contribution in [1.82, 2.24) is 24.1 Å². The predicted octanol–water partition coefficient (Wildman–Crippen LogP) is 14.4. The van der Waals surface area contributed by atoms with Gasteiger partial charge >= 0.3 is 0 Å². The van der Waals surface area contributed by atoms with Gasteiger partial charge in [-0.25, -0.2) is 14.5 Å². The lowest BCUT2D eigenvalue weighted by atomic mass is 9.96. The molecule has 0 saturated heterocycles. The van der Waals surface area contributed by atoms with E-state index in [1.165, 1.54) is 21.8 Å². The first-order valence-corrected chi connectivity index (χ1v) is 20.9. The van der Waals surface area contributed by atoms with Gasteiger partial charge in [0, 0.05) is 55.2 Å². The molecule has 0 unspecified atom stereocenters. The molecule has 0 aliphatic carbocycles. The molecule has 0 N–H and O–H groups in total. The van der Waals surface area contributed by atoms with E-state index in [1.807, 2.05) is 6.07 Å². The summed E-state index contributed by atoms with van der Waals surface area (Å²) in [6.45, 7) is 0. The van der Waals surface area contributed by atoms with Crippen LogP contribution in [0.25, 0.3) is 111 Å². The minimum absolute atomic E-state index is 0.657. The van der Waals surface area contributed by atoms with Crippen molar-refractivity contribution in [2.75, 3.05) is 0 Å². The molecule has 62 heavy (non-hydrogen) atoms. The molecule has 0 spiro atoms. The van der Waals surface area contributed by atoms with E-state index in [-0.39, 0.29) is 0 Å². The van der Waals surface area contributed by atoms with Crippen molar-refractivity contribution in [2.24, 2.45) is 0 Å². The summed E-state index contributed by atoms with van der Waals surface area (Å²) < 4.78 is 4.48. The van der Waals surface area contributed by atoms with E-state index >= 15 is 0 Å². The molecule has 4 aromatic heterocycles. The van der Waals surface area contributed by atoms with Crippen LogP contribution < -0.4 is 0 Å². The van der Waals surface area contributed by atoms with Gasteiger partial charge in [-0.05, 0) is 53.4 Å². The third kappa shape index (κ3) is 5.98.